The molecule has 1 N–H and O–H groups in total. The smallest absolute Gasteiger partial charge is 0.303 e. The third-order valence-electron chi connectivity index (χ3n) is 2.69. The molecule has 0 spiro atoms. The first kappa shape index (κ1) is 12.3. The van der Waals surface area contributed by atoms with Crippen LogP contribution in [-0.2, 0) is 11.2 Å². The molecule has 5 nitrogen and oxygen atoms in total. The highest BCUT2D eigenvalue weighted by atomic mass is 16.4. The maximum absolute atomic E-state index is 10.6. The molecule has 0 unspecified atom stereocenters. The van der Waals surface area contributed by atoms with Crippen LogP contribution in [-0.4, -0.2) is 25.8 Å². The number of carbonyl (C=O) groups is 1. The number of aryl methyl sites for hydroxylation is 3. The second kappa shape index (κ2) is 5.00. The summed E-state index contributed by atoms with van der Waals surface area (Å²) in [6.07, 6.45) is 0.439. The SMILES string of the molecule is Cc1nc(CCC(=O)O)n(-c2ccccc2C)n1. The van der Waals surface area contributed by atoms with Crippen molar-refractivity contribution in [2.24, 2.45) is 0 Å². The zero-order valence-corrected chi connectivity index (χ0v) is 10.4. The average molecular weight is 245 g/mol. The van der Waals surface area contributed by atoms with Gasteiger partial charge in [0, 0.05) is 6.42 Å². The summed E-state index contributed by atoms with van der Waals surface area (Å²) >= 11 is 0. The van der Waals surface area contributed by atoms with Crippen molar-refractivity contribution in [1.29, 1.82) is 0 Å². The van der Waals surface area contributed by atoms with E-state index in [-0.39, 0.29) is 6.42 Å². The molecule has 0 aliphatic carbocycles. The Balaban J connectivity index is 2.38. The van der Waals surface area contributed by atoms with E-state index < -0.39 is 5.97 Å². The number of para-hydroxylation sites is 1. The lowest BCUT2D eigenvalue weighted by Gasteiger charge is -2.07. The van der Waals surface area contributed by atoms with Crippen molar-refractivity contribution >= 4 is 5.97 Å². The van der Waals surface area contributed by atoms with Gasteiger partial charge in [0.2, 0.25) is 0 Å². The summed E-state index contributed by atoms with van der Waals surface area (Å²) in [5.74, 6) is 0.509. The van der Waals surface area contributed by atoms with Gasteiger partial charge in [-0.3, -0.25) is 4.79 Å². The van der Waals surface area contributed by atoms with Gasteiger partial charge in [0.05, 0.1) is 12.1 Å². The lowest BCUT2D eigenvalue weighted by Crippen LogP contribution is -2.07. The number of hydrogen-bond acceptors (Lipinski definition) is 3. The van der Waals surface area contributed by atoms with Gasteiger partial charge in [-0.25, -0.2) is 9.67 Å². The van der Waals surface area contributed by atoms with Crippen LogP contribution in [0.1, 0.15) is 23.6 Å². The minimum atomic E-state index is -0.827. The van der Waals surface area contributed by atoms with Crippen LogP contribution < -0.4 is 0 Å². The Morgan fingerprint density at radius 3 is 2.72 bits per heavy atom. The van der Waals surface area contributed by atoms with Gasteiger partial charge in [0.25, 0.3) is 0 Å². The van der Waals surface area contributed by atoms with E-state index in [1.807, 2.05) is 31.2 Å². The van der Waals surface area contributed by atoms with Gasteiger partial charge < -0.3 is 5.11 Å². The second-order valence-corrected chi connectivity index (χ2v) is 4.17. The minimum absolute atomic E-state index is 0.0595. The fourth-order valence-corrected chi connectivity index (χ4v) is 1.83. The third kappa shape index (κ3) is 2.56. The van der Waals surface area contributed by atoms with E-state index >= 15 is 0 Å². The Bertz CT molecular complexity index is 575. The average Bonchev–Trinajstić information content (AvgIpc) is 2.68. The van der Waals surface area contributed by atoms with Gasteiger partial charge in [-0.15, -0.1) is 0 Å². The summed E-state index contributed by atoms with van der Waals surface area (Å²) in [6, 6.07) is 7.83. The maximum atomic E-state index is 10.6. The molecule has 0 saturated heterocycles. The molecule has 0 radical (unpaired) electrons. The molecule has 0 aliphatic heterocycles. The molecule has 2 rings (SSSR count). The number of rotatable bonds is 4. The van der Waals surface area contributed by atoms with Gasteiger partial charge in [-0.05, 0) is 25.5 Å². The van der Waals surface area contributed by atoms with E-state index in [4.69, 9.17) is 5.11 Å². The maximum Gasteiger partial charge on any atom is 0.303 e. The highest BCUT2D eigenvalue weighted by Gasteiger charge is 2.12. The lowest BCUT2D eigenvalue weighted by molar-refractivity contribution is -0.137. The molecule has 0 saturated carbocycles. The van der Waals surface area contributed by atoms with Crippen LogP contribution in [0.5, 0.6) is 0 Å². The van der Waals surface area contributed by atoms with Gasteiger partial charge in [-0.1, -0.05) is 18.2 Å². The zero-order valence-electron chi connectivity index (χ0n) is 10.4. The molecular weight excluding hydrogens is 230 g/mol. The zero-order chi connectivity index (χ0) is 13.1. The van der Waals surface area contributed by atoms with Crippen molar-refractivity contribution in [3.63, 3.8) is 0 Å². The molecule has 0 atom stereocenters. The van der Waals surface area contributed by atoms with E-state index in [9.17, 15) is 4.79 Å². The largest absolute Gasteiger partial charge is 0.481 e. The van der Waals surface area contributed by atoms with Crippen LogP contribution in [0.25, 0.3) is 5.69 Å². The van der Waals surface area contributed by atoms with E-state index in [1.165, 1.54) is 0 Å². The quantitative estimate of drug-likeness (QED) is 0.893. The number of carboxylic acid groups (broad SMARTS) is 1. The van der Waals surface area contributed by atoms with Gasteiger partial charge in [0.15, 0.2) is 0 Å². The minimum Gasteiger partial charge on any atom is -0.481 e. The van der Waals surface area contributed by atoms with Gasteiger partial charge >= 0.3 is 5.97 Å². The Labute approximate surface area is 105 Å². The molecule has 18 heavy (non-hydrogen) atoms. The molecule has 1 heterocycles. The van der Waals surface area contributed by atoms with E-state index in [0.717, 1.165) is 11.3 Å². The fraction of sp³-hybridized carbons (Fsp3) is 0.308. The van der Waals surface area contributed by atoms with Crippen LogP contribution >= 0.6 is 0 Å². The predicted molar refractivity (Wildman–Crippen MR) is 66.8 cm³/mol. The summed E-state index contributed by atoms with van der Waals surface area (Å²) in [5.41, 5.74) is 2.03. The fourth-order valence-electron chi connectivity index (χ4n) is 1.83. The molecule has 5 heteroatoms. The molecule has 0 bridgehead atoms. The molecule has 1 aromatic carbocycles. The monoisotopic (exact) mass is 245 g/mol. The summed E-state index contributed by atoms with van der Waals surface area (Å²) in [4.78, 5) is 14.9. The van der Waals surface area contributed by atoms with Crippen molar-refractivity contribution in [3.05, 3.63) is 41.5 Å². The van der Waals surface area contributed by atoms with E-state index in [1.54, 1.807) is 11.6 Å². The number of nitrogens with zero attached hydrogens (tertiary/aromatic N) is 3. The number of carboxylic acids is 1. The van der Waals surface area contributed by atoms with Crippen LogP contribution in [0.3, 0.4) is 0 Å². The molecule has 0 fully saturated rings. The second-order valence-electron chi connectivity index (χ2n) is 4.17. The summed E-state index contributed by atoms with van der Waals surface area (Å²) in [7, 11) is 0. The first-order valence-corrected chi connectivity index (χ1v) is 5.78. The van der Waals surface area contributed by atoms with Gasteiger partial charge in [0.1, 0.15) is 11.6 Å². The van der Waals surface area contributed by atoms with E-state index in [0.29, 0.717) is 18.1 Å². The summed E-state index contributed by atoms with van der Waals surface area (Å²) in [5, 5.41) is 13.1. The molecule has 0 amide bonds. The Morgan fingerprint density at radius 2 is 2.06 bits per heavy atom. The molecular formula is C13H15N3O2. The normalized spacial score (nSPS) is 10.6. The standard InChI is InChI=1S/C13H15N3O2/c1-9-5-3-4-6-11(9)16-12(7-8-13(17)18)14-10(2)15-16/h3-6H,7-8H2,1-2H3,(H,17,18). The molecule has 2 aromatic rings. The van der Waals surface area contributed by atoms with Crippen LogP contribution in [0, 0.1) is 13.8 Å². The van der Waals surface area contributed by atoms with Crippen molar-refractivity contribution in [3.8, 4) is 5.69 Å². The number of hydrogen-bond donors (Lipinski definition) is 1. The summed E-state index contributed by atoms with van der Waals surface area (Å²) < 4.78 is 1.73. The van der Waals surface area contributed by atoms with Crippen LogP contribution in [0.4, 0.5) is 0 Å². The number of aliphatic carboxylic acids is 1. The molecule has 94 valence electrons. The van der Waals surface area contributed by atoms with Crippen LogP contribution in [0.2, 0.25) is 0 Å². The molecule has 1 aromatic heterocycles. The van der Waals surface area contributed by atoms with Crippen LogP contribution in [0.15, 0.2) is 24.3 Å². The third-order valence-corrected chi connectivity index (χ3v) is 2.69. The van der Waals surface area contributed by atoms with Crippen molar-refractivity contribution < 1.29 is 9.90 Å². The van der Waals surface area contributed by atoms with Gasteiger partial charge in [-0.2, -0.15) is 5.10 Å². The summed E-state index contributed by atoms with van der Waals surface area (Å²) in [6.45, 7) is 3.80. The first-order chi connectivity index (χ1) is 8.58. The van der Waals surface area contributed by atoms with Crippen molar-refractivity contribution in [2.45, 2.75) is 26.7 Å². The highest BCUT2D eigenvalue weighted by molar-refractivity contribution is 5.66. The van der Waals surface area contributed by atoms with Crippen molar-refractivity contribution in [1.82, 2.24) is 14.8 Å². The van der Waals surface area contributed by atoms with E-state index in [2.05, 4.69) is 10.1 Å². The predicted octanol–water partition coefficient (Wildman–Crippen LogP) is 1.90. The molecule has 0 aliphatic rings. The Hall–Kier alpha value is -2.17. The topological polar surface area (TPSA) is 68.0 Å². The Morgan fingerprint density at radius 1 is 1.33 bits per heavy atom. The number of aromatic nitrogens is 3. The number of benzene rings is 1. The highest BCUT2D eigenvalue weighted by Crippen LogP contribution is 2.15. The first-order valence-electron chi connectivity index (χ1n) is 5.78. The lowest BCUT2D eigenvalue weighted by atomic mass is 10.2. The Kier molecular flexibility index (Phi) is 3.41. The van der Waals surface area contributed by atoms with Crippen molar-refractivity contribution in [2.75, 3.05) is 0 Å².